The average molecular weight is 355 g/mol. The molecule has 2 aromatic carbocycles. The van der Waals surface area contributed by atoms with Crippen LogP contribution >= 0.6 is 23.4 Å². The summed E-state index contributed by atoms with van der Waals surface area (Å²) < 4.78 is 2.08. The largest absolute Gasteiger partial charge is 0.298 e. The zero-order valence-electron chi connectivity index (χ0n) is 12.9. The average Bonchev–Trinajstić information content (AvgIpc) is 2.99. The molecule has 0 atom stereocenters. The summed E-state index contributed by atoms with van der Waals surface area (Å²) in [6, 6.07) is 19.9. The normalized spacial score (nSPS) is 10.5. The molecule has 0 spiro atoms. The number of halogens is 1. The Balaban J connectivity index is 1.95. The van der Waals surface area contributed by atoms with Crippen LogP contribution in [0.15, 0.2) is 59.8 Å². The van der Waals surface area contributed by atoms with Crippen LogP contribution in [0.4, 0.5) is 0 Å². The summed E-state index contributed by atoms with van der Waals surface area (Å²) >= 11 is 7.53. The van der Waals surface area contributed by atoms with Crippen molar-refractivity contribution in [3.05, 3.63) is 65.2 Å². The second-order valence-electron chi connectivity index (χ2n) is 5.14. The van der Waals surface area contributed by atoms with Crippen LogP contribution in [-0.4, -0.2) is 20.5 Å². The van der Waals surface area contributed by atoms with Crippen molar-refractivity contribution in [2.45, 2.75) is 18.1 Å². The Morgan fingerprint density at radius 3 is 2.50 bits per heavy atom. The van der Waals surface area contributed by atoms with Crippen molar-refractivity contribution in [3.8, 4) is 17.5 Å². The Labute approximate surface area is 150 Å². The number of benzene rings is 2. The topological polar surface area (TPSA) is 54.5 Å². The van der Waals surface area contributed by atoms with Gasteiger partial charge in [0, 0.05) is 22.8 Å². The smallest absolute Gasteiger partial charge is 0.191 e. The van der Waals surface area contributed by atoms with E-state index in [1.165, 1.54) is 5.56 Å². The molecule has 0 fully saturated rings. The van der Waals surface area contributed by atoms with Gasteiger partial charge >= 0.3 is 0 Å². The molecule has 24 heavy (non-hydrogen) atoms. The molecule has 0 bridgehead atoms. The van der Waals surface area contributed by atoms with Gasteiger partial charge in [-0.05, 0) is 29.8 Å². The summed E-state index contributed by atoms with van der Waals surface area (Å²) in [6.45, 7) is 0.681. The zero-order valence-corrected chi connectivity index (χ0v) is 14.5. The molecule has 0 amide bonds. The van der Waals surface area contributed by atoms with Crippen molar-refractivity contribution in [1.82, 2.24) is 14.8 Å². The first-order valence-corrected chi connectivity index (χ1v) is 8.87. The minimum absolute atomic E-state index is 0.485. The van der Waals surface area contributed by atoms with Gasteiger partial charge in [0.05, 0.1) is 12.6 Å². The maximum atomic E-state index is 8.74. The molecule has 0 N–H and O–H groups in total. The van der Waals surface area contributed by atoms with Gasteiger partial charge in [0.1, 0.15) is 0 Å². The second-order valence-corrected chi connectivity index (χ2v) is 6.64. The van der Waals surface area contributed by atoms with Gasteiger partial charge in [0.2, 0.25) is 0 Å². The fraction of sp³-hybridized carbons (Fsp3) is 0.167. The first-order chi connectivity index (χ1) is 11.8. The molecule has 0 aliphatic rings. The third kappa shape index (κ3) is 3.97. The first-order valence-electron chi connectivity index (χ1n) is 7.51. The van der Waals surface area contributed by atoms with E-state index < -0.39 is 0 Å². The molecule has 0 saturated heterocycles. The van der Waals surface area contributed by atoms with Gasteiger partial charge in [-0.15, -0.1) is 10.2 Å². The molecule has 6 heteroatoms. The number of nitrogens with zero attached hydrogens (tertiary/aromatic N) is 4. The Morgan fingerprint density at radius 2 is 1.79 bits per heavy atom. The van der Waals surface area contributed by atoms with Gasteiger partial charge in [0.25, 0.3) is 0 Å². The Hall–Kier alpha value is -2.29. The van der Waals surface area contributed by atoms with Gasteiger partial charge in [-0.1, -0.05) is 53.7 Å². The fourth-order valence-electron chi connectivity index (χ4n) is 2.30. The molecule has 0 aliphatic carbocycles. The number of hydrogen-bond donors (Lipinski definition) is 0. The number of thioether (sulfide) groups is 1. The molecule has 0 unspecified atom stereocenters. The maximum absolute atomic E-state index is 8.74. The lowest BCUT2D eigenvalue weighted by atomic mass is 10.2. The predicted octanol–water partition coefficient (Wildman–Crippen LogP) is 4.65. The number of rotatable bonds is 6. The van der Waals surface area contributed by atoms with Crippen LogP contribution in [0.1, 0.15) is 12.0 Å². The third-order valence-electron chi connectivity index (χ3n) is 3.45. The Morgan fingerprint density at radius 1 is 1.04 bits per heavy atom. The van der Waals surface area contributed by atoms with Gasteiger partial charge in [-0.25, -0.2) is 0 Å². The SMILES string of the molecule is N#CCCSc1nnc(-c2ccc(Cl)cc2)n1Cc1ccccc1. The molecule has 3 aromatic rings. The molecule has 3 rings (SSSR count). The van der Waals surface area contributed by atoms with Gasteiger partial charge in [0.15, 0.2) is 11.0 Å². The van der Waals surface area contributed by atoms with E-state index in [1.807, 2.05) is 42.5 Å². The van der Waals surface area contributed by atoms with Crippen LogP contribution in [-0.2, 0) is 6.54 Å². The monoisotopic (exact) mass is 354 g/mol. The van der Waals surface area contributed by atoms with Crippen LogP contribution in [0.3, 0.4) is 0 Å². The molecular formula is C18H15ClN4S. The predicted molar refractivity (Wildman–Crippen MR) is 97.0 cm³/mol. The molecule has 1 aromatic heterocycles. The minimum Gasteiger partial charge on any atom is -0.298 e. The summed E-state index contributed by atoms with van der Waals surface area (Å²) in [5.41, 5.74) is 2.14. The fourth-order valence-corrected chi connectivity index (χ4v) is 3.21. The van der Waals surface area contributed by atoms with Gasteiger partial charge in [-0.3, -0.25) is 4.57 Å². The second kappa shape index (κ2) is 8.00. The molecule has 0 radical (unpaired) electrons. The summed E-state index contributed by atoms with van der Waals surface area (Å²) in [5, 5.41) is 18.9. The summed E-state index contributed by atoms with van der Waals surface area (Å²) in [7, 11) is 0. The van der Waals surface area contributed by atoms with Crippen LogP contribution in [0.2, 0.25) is 5.02 Å². The van der Waals surface area contributed by atoms with Crippen LogP contribution in [0, 0.1) is 11.3 Å². The highest BCUT2D eigenvalue weighted by atomic mass is 35.5. The molecule has 4 nitrogen and oxygen atoms in total. The van der Waals surface area contributed by atoms with Crippen LogP contribution in [0.5, 0.6) is 0 Å². The number of hydrogen-bond acceptors (Lipinski definition) is 4. The summed E-state index contributed by atoms with van der Waals surface area (Å²) in [4.78, 5) is 0. The highest BCUT2D eigenvalue weighted by molar-refractivity contribution is 7.99. The molecule has 120 valence electrons. The van der Waals surface area contributed by atoms with Gasteiger partial charge < -0.3 is 0 Å². The van der Waals surface area contributed by atoms with E-state index in [-0.39, 0.29) is 0 Å². The highest BCUT2D eigenvalue weighted by Crippen LogP contribution is 2.26. The maximum Gasteiger partial charge on any atom is 0.191 e. The number of nitriles is 1. The third-order valence-corrected chi connectivity index (χ3v) is 4.67. The van der Waals surface area contributed by atoms with Crippen molar-refractivity contribution >= 4 is 23.4 Å². The molecule has 1 heterocycles. The van der Waals surface area contributed by atoms with Crippen LogP contribution < -0.4 is 0 Å². The highest BCUT2D eigenvalue weighted by Gasteiger charge is 2.14. The number of aromatic nitrogens is 3. The lowest BCUT2D eigenvalue weighted by molar-refractivity contribution is 0.714. The molecule has 0 aliphatic heterocycles. The quantitative estimate of drug-likeness (QED) is 0.477. The lowest BCUT2D eigenvalue weighted by Gasteiger charge is -2.10. The van der Waals surface area contributed by atoms with Crippen molar-refractivity contribution in [2.75, 3.05) is 5.75 Å². The lowest BCUT2D eigenvalue weighted by Crippen LogP contribution is -2.04. The van der Waals surface area contributed by atoms with E-state index >= 15 is 0 Å². The van der Waals surface area contributed by atoms with E-state index in [4.69, 9.17) is 16.9 Å². The van der Waals surface area contributed by atoms with Crippen molar-refractivity contribution in [2.24, 2.45) is 0 Å². The van der Waals surface area contributed by atoms with Crippen molar-refractivity contribution < 1.29 is 0 Å². The van der Waals surface area contributed by atoms with Crippen molar-refractivity contribution in [3.63, 3.8) is 0 Å². The Kier molecular flexibility index (Phi) is 5.52. The van der Waals surface area contributed by atoms with Crippen molar-refractivity contribution in [1.29, 1.82) is 5.26 Å². The summed E-state index contributed by atoms with van der Waals surface area (Å²) in [6.07, 6.45) is 0.485. The van der Waals surface area contributed by atoms with E-state index in [0.29, 0.717) is 23.7 Å². The summed E-state index contributed by atoms with van der Waals surface area (Å²) in [5.74, 6) is 1.50. The minimum atomic E-state index is 0.485. The van der Waals surface area contributed by atoms with E-state index in [1.54, 1.807) is 11.8 Å². The zero-order chi connectivity index (χ0) is 16.8. The molecular weight excluding hydrogens is 340 g/mol. The van der Waals surface area contributed by atoms with E-state index in [0.717, 1.165) is 16.5 Å². The Bertz CT molecular complexity index is 838. The standard InChI is InChI=1S/C18H15ClN4S/c19-16-9-7-15(8-10-16)17-21-22-18(24-12-4-11-20)23(17)13-14-5-2-1-3-6-14/h1-3,5-10H,4,12-13H2. The molecule has 0 saturated carbocycles. The van der Waals surface area contributed by atoms with E-state index in [9.17, 15) is 0 Å². The first kappa shape index (κ1) is 16.6. The van der Waals surface area contributed by atoms with Gasteiger partial charge in [-0.2, -0.15) is 5.26 Å². The van der Waals surface area contributed by atoms with E-state index in [2.05, 4.69) is 33.0 Å². The van der Waals surface area contributed by atoms with Crippen LogP contribution in [0.25, 0.3) is 11.4 Å².